The van der Waals surface area contributed by atoms with Gasteiger partial charge in [0, 0.05) is 23.9 Å². The van der Waals surface area contributed by atoms with Gasteiger partial charge in [0.05, 0.1) is 0 Å². The summed E-state index contributed by atoms with van der Waals surface area (Å²) in [6, 6.07) is 3.81. The number of nitrogens with two attached hydrogens (primary N) is 1. The fourth-order valence-corrected chi connectivity index (χ4v) is 2.66. The zero-order valence-electron chi connectivity index (χ0n) is 10.8. The molecule has 5 nitrogen and oxygen atoms in total. The van der Waals surface area contributed by atoms with E-state index in [1.165, 1.54) is 0 Å². The van der Waals surface area contributed by atoms with Crippen LogP contribution in [0.2, 0.25) is 0 Å². The highest BCUT2D eigenvalue weighted by Gasteiger charge is 2.25. The van der Waals surface area contributed by atoms with Crippen molar-refractivity contribution in [2.45, 2.75) is 31.6 Å². The van der Waals surface area contributed by atoms with Crippen molar-refractivity contribution in [3.05, 3.63) is 30.4 Å². The van der Waals surface area contributed by atoms with E-state index in [0.717, 1.165) is 43.7 Å². The van der Waals surface area contributed by atoms with E-state index >= 15 is 0 Å². The highest BCUT2D eigenvalue weighted by atomic mass is 16.5. The Balaban J connectivity index is 1.72. The Bertz CT molecular complexity index is 517. The fourth-order valence-electron chi connectivity index (χ4n) is 2.66. The van der Waals surface area contributed by atoms with Crippen LogP contribution in [0.1, 0.15) is 37.5 Å². The summed E-state index contributed by atoms with van der Waals surface area (Å²) in [6.45, 7) is 0.789. The van der Waals surface area contributed by atoms with Crippen molar-refractivity contribution >= 4 is 0 Å². The molecule has 100 valence electrons. The number of hydrogen-bond donors (Lipinski definition) is 1. The first-order valence-corrected chi connectivity index (χ1v) is 6.81. The maximum absolute atomic E-state index is 5.71. The minimum Gasteiger partial charge on any atom is -0.339 e. The van der Waals surface area contributed by atoms with Gasteiger partial charge in [-0.25, -0.2) is 0 Å². The third kappa shape index (κ3) is 2.66. The number of nitrogens with zero attached hydrogens (tertiary/aromatic N) is 3. The van der Waals surface area contributed by atoms with Crippen LogP contribution in [0.25, 0.3) is 11.4 Å². The molecule has 2 aromatic rings. The lowest BCUT2D eigenvalue weighted by Crippen LogP contribution is -2.20. The molecule has 0 unspecified atom stereocenters. The Morgan fingerprint density at radius 2 is 2.11 bits per heavy atom. The van der Waals surface area contributed by atoms with Crippen molar-refractivity contribution in [3.8, 4) is 11.4 Å². The van der Waals surface area contributed by atoms with Crippen molar-refractivity contribution in [2.24, 2.45) is 11.7 Å². The zero-order chi connectivity index (χ0) is 13.1. The van der Waals surface area contributed by atoms with Gasteiger partial charge in [0.25, 0.3) is 0 Å². The van der Waals surface area contributed by atoms with E-state index in [2.05, 4.69) is 15.1 Å². The lowest BCUT2D eigenvalue weighted by molar-refractivity contribution is 0.275. The summed E-state index contributed by atoms with van der Waals surface area (Å²) in [7, 11) is 0. The van der Waals surface area contributed by atoms with E-state index in [0.29, 0.717) is 17.7 Å². The zero-order valence-corrected chi connectivity index (χ0v) is 10.8. The van der Waals surface area contributed by atoms with Gasteiger partial charge in [-0.2, -0.15) is 4.98 Å². The van der Waals surface area contributed by atoms with Crippen LogP contribution in [-0.4, -0.2) is 21.7 Å². The van der Waals surface area contributed by atoms with E-state index in [4.69, 9.17) is 10.3 Å². The number of hydrogen-bond acceptors (Lipinski definition) is 5. The van der Waals surface area contributed by atoms with Crippen molar-refractivity contribution in [3.63, 3.8) is 0 Å². The Morgan fingerprint density at radius 1 is 1.26 bits per heavy atom. The molecular weight excluding hydrogens is 240 g/mol. The van der Waals surface area contributed by atoms with Gasteiger partial charge in [0.2, 0.25) is 11.7 Å². The van der Waals surface area contributed by atoms with Crippen molar-refractivity contribution in [2.75, 3.05) is 6.54 Å². The molecule has 1 aliphatic rings. The van der Waals surface area contributed by atoms with Gasteiger partial charge < -0.3 is 10.3 Å². The van der Waals surface area contributed by atoms with Crippen LogP contribution in [0.15, 0.2) is 29.0 Å². The van der Waals surface area contributed by atoms with E-state index < -0.39 is 0 Å². The van der Waals surface area contributed by atoms with Gasteiger partial charge in [0.15, 0.2) is 0 Å². The molecule has 0 atom stereocenters. The molecule has 0 amide bonds. The summed E-state index contributed by atoms with van der Waals surface area (Å²) >= 11 is 0. The van der Waals surface area contributed by atoms with Gasteiger partial charge in [-0.15, -0.1) is 0 Å². The molecule has 1 saturated carbocycles. The lowest BCUT2D eigenvalue weighted by Gasteiger charge is -2.24. The van der Waals surface area contributed by atoms with Crippen LogP contribution in [-0.2, 0) is 0 Å². The largest absolute Gasteiger partial charge is 0.339 e. The SMILES string of the molecule is NCC1CCC(c2nc(-c3cccnc3)no2)CC1. The maximum atomic E-state index is 5.71. The third-order valence-corrected chi connectivity index (χ3v) is 3.89. The van der Waals surface area contributed by atoms with Crippen molar-refractivity contribution < 1.29 is 4.52 Å². The molecule has 0 aromatic carbocycles. The van der Waals surface area contributed by atoms with Crippen LogP contribution >= 0.6 is 0 Å². The molecule has 0 saturated heterocycles. The smallest absolute Gasteiger partial charge is 0.230 e. The molecule has 2 heterocycles. The summed E-state index contributed by atoms with van der Waals surface area (Å²) in [5.74, 6) is 2.44. The van der Waals surface area contributed by atoms with Crippen LogP contribution in [0.3, 0.4) is 0 Å². The van der Waals surface area contributed by atoms with Crippen molar-refractivity contribution in [1.82, 2.24) is 15.1 Å². The molecule has 0 bridgehead atoms. The summed E-state index contributed by atoms with van der Waals surface area (Å²) in [4.78, 5) is 8.57. The minimum absolute atomic E-state index is 0.390. The molecule has 1 aliphatic carbocycles. The first kappa shape index (κ1) is 12.3. The van der Waals surface area contributed by atoms with Crippen LogP contribution in [0.5, 0.6) is 0 Å². The first-order valence-electron chi connectivity index (χ1n) is 6.81. The molecule has 19 heavy (non-hydrogen) atoms. The second-order valence-electron chi connectivity index (χ2n) is 5.15. The number of rotatable bonds is 3. The second kappa shape index (κ2) is 5.48. The van der Waals surface area contributed by atoms with E-state index in [1.807, 2.05) is 12.1 Å². The minimum atomic E-state index is 0.390. The van der Waals surface area contributed by atoms with E-state index in [9.17, 15) is 0 Å². The monoisotopic (exact) mass is 258 g/mol. The summed E-state index contributed by atoms with van der Waals surface area (Å²) in [6.07, 6.45) is 7.99. The molecule has 2 N–H and O–H groups in total. The fraction of sp³-hybridized carbons (Fsp3) is 0.500. The Hall–Kier alpha value is -1.75. The van der Waals surface area contributed by atoms with Gasteiger partial charge in [-0.3, -0.25) is 4.98 Å². The molecule has 1 fully saturated rings. The van der Waals surface area contributed by atoms with E-state index in [-0.39, 0.29) is 0 Å². The van der Waals surface area contributed by atoms with Crippen LogP contribution < -0.4 is 5.73 Å². The molecule has 0 aliphatic heterocycles. The van der Waals surface area contributed by atoms with Gasteiger partial charge in [-0.1, -0.05) is 5.16 Å². The summed E-state index contributed by atoms with van der Waals surface area (Å²) in [5, 5.41) is 4.05. The van der Waals surface area contributed by atoms with Crippen LogP contribution in [0.4, 0.5) is 0 Å². The highest BCUT2D eigenvalue weighted by molar-refractivity contribution is 5.51. The Morgan fingerprint density at radius 3 is 2.79 bits per heavy atom. The molecule has 3 rings (SSSR count). The van der Waals surface area contributed by atoms with Gasteiger partial charge in [-0.05, 0) is 50.3 Å². The Kier molecular flexibility index (Phi) is 3.55. The maximum Gasteiger partial charge on any atom is 0.230 e. The highest BCUT2D eigenvalue weighted by Crippen LogP contribution is 2.35. The lowest BCUT2D eigenvalue weighted by atomic mass is 9.82. The average Bonchev–Trinajstić information content (AvgIpc) is 2.98. The summed E-state index contributed by atoms with van der Waals surface area (Å²) < 4.78 is 5.41. The normalized spacial score (nSPS) is 23.4. The predicted molar refractivity (Wildman–Crippen MR) is 71.3 cm³/mol. The quantitative estimate of drug-likeness (QED) is 0.914. The van der Waals surface area contributed by atoms with Gasteiger partial charge >= 0.3 is 0 Å². The Labute approximate surface area is 112 Å². The summed E-state index contributed by atoms with van der Waals surface area (Å²) in [5.41, 5.74) is 6.61. The van der Waals surface area contributed by atoms with Crippen molar-refractivity contribution in [1.29, 1.82) is 0 Å². The molecular formula is C14H18N4O. The molecule has 0 radical (unpaired) electrons. The first-order chi connectivity index (χ1) is 9.36. The second-order valence-corrected chi connectivity index (χ2v) is 5.15. The molecule has 2 aromatic heterocycles. The molecule has 5 heteroatoms. The van der Waals surface area contributed by atoms with Gasteiger partial charge in [0.1, 0.15) is 0 Å². The molecule has 0 spiro atoms. The topological polar surface area (TPSA) is 77.8 Å². The van der Waals surface area contributed by atoms with E-state index in [1.54, 1.807) is 12.4 Å². The predicted octanol–water partition coefficient (Wildman–Crippen LogP) is 2.36. The standard InChI is InChI=1S/C14H18N4O/c15-8-10-3-5-11(6-4-10)14-17-13(18-19-14)12-2-1-7-16-9-12/h1-2,7,9-11H,3-6,8,15H2. The number of aromatic nitrogens is 3. The van der Waals surface area contributed by atoms with Crippen LogP contribution in [0, 0.1) is 5.92 Å². The number of pyridine rings is 1. The third-order valence-electron chi connectivity index (χ3n) is 3.89. The average molecular weight is 258 g/mol.